The fraction of sp³-hybridized carbons (Fsp3) is 0.316. The van der Waals surface area contributed by atoms with Crippen molar-refractivity contribution in [3.05, 3.63) is 53.7 Å². The Hall–Kier alpha value is -3.18. The van der Waals surface area contributed by atoms with Crippen LogP contribution in [-0.2, 0) is 28.5 Å². The summed E-state index contributed by atoms with van der Waals surface area (Å²) in [5.41, 5.74) is 1.43. The molecule has 30 heavy (non-hydrogen) atoms. The van der Waals surface area contributed by atoms with E-state index in [-0.39, 0.29) is 5.56 Å². The van der Waals surface area contributed by atoms with Crippen molar-refractivity contribution in [3.8, 4) is 5.69 Å². The predicted molar refractivity (Wildman–Crippen MR) is 107 cm³/mol. The van der Waals surface area contributed by atoms with Crippen LogP contribution in [0.5, 0.6) is 0 Å². The van der Waals surface area contributed by atoms with Crippen LogP contribution in [0.25, 0.3) is 5.69 Å². The molecule has 0 aromatic carbocycles. The third kappa shape index (κ3) is 3.81. The number of furan rings is 1. The Morgan fingerprint density at radius 2 is 2.00 bits per heavy atom. The first-order chi connectivity index (χ1) is 14.1. The number of aromatic nitrogens is 3. The highest BCUT2D eigenvalue weighted by atomic mass is 32.2. The summed E-state index contributed by atoms with van der Waals surface area (Å²) >= 11 is 0. The SMILES string of the molecule is CC(C)(O)c1coc(S(=O)(=O)NC(=O)Nc2c3c(nn2-c2ccncc2)CCC3)c1. The van der Waals surface area contributed by atoms with Crippen molar-refractivity contribution in [2.45, 2.75) is 43.8 Å². The normalized spacial score (nSPS) is 13.8. The summed E-state index contributed by atoms with van der Waals surface area (Å²) < 4.78 is 33.6. The van der Waals surface area contributed by atoms with Gasteiger partial charge in [0.05, 0.1) is 23.2 Å². The van der Waals surface area contributed by atoms with Crippen LogP contribution >= 0.6 is 0 Å². The van der Waals surface area contributed by atoms with E-state index in [1.807, 2.05) is 4.72 Å². The lowest BCUT2D eigenvalue weighted by Gasteiger charge is -2.13. The van der Waals surface area contributed by atoms with Crippen LogP contribution in [0.2, 0.25) is 0 Å². The molecule has 0 atom stereocenters. The number of anilines is 1. The van der Waals surface area contributed by atoms with Gasteiger partial charge in [-0.05, 0) is 45.2 Å². The third-order valence-corrected chi connectivity index (χ3v) is 6.02. The smallest absolute Gasteiger partial charge is 0.334 e. The molecule has 0 unspecified atom stereocenters. The van der Waals surface area contributed by atoms with Gasteiger partial charge >= 0.3 is 6.03 Å². The molecule has 0 aliphatic heterocycles. The molecule has 4 rings (SSSR count). The maximum absolute atomic E-state index is 12.5. The number of carbonyl (C=O) groups is 1. The number of amides is 2. The number of nitrogens with zero attached hydrogens (tertiary/aromatic N) is 3. The Kier molecular flexibility index (Phi) is 4.86. The first kappa shape index (κ1) is 20.1. The number of sulfonamides is 1. The molecule has 0 fully saturated rings. The van der Waals surface area contributed by atoms with Gasteiger partial charge < -0.3 is 9.52 Å². The topological polar surface area (TPSA) is 139 Å². The Bertz CT molecular complexity index is 1190. The zero-order valence-corrected chi connectivity index (χ0v) is 17.2. The molecule has 1 aliphatic rings. The van der Waals surface area contributed by atoms with Crippen molar-refractivity contribution < 1.29 is 22.7 Å². The summed E-state index contributed by atoms with van der Waals surface area (Å²) in [5.74, 6) is 0.415. The fourth-order valence-electron chi connectivity index (χ4n) is 3.28. The second kappa shape index (κ2) is 7.26. The van der Waals surface area contributed by atoms with Crippen LogP contribution in [0.1, 0.15) is 37.1 Å². The Morgan fingerprint density at radius 3 is 2.67 bits per heavy atom. The van der Waals surface area contributed by atoms with Crippen molar-refractivity contribution in [1.29, 1.82) is 0 Å². The summed E-state index contributed by atoms with van der Waals surface area (Å²) in [5, 5.41) is 16.7. The number of rotatable bonds is 5. The number of aliphatic hydroxyl groups is 1. The molecule has 0 bridgehead atoms. The molecule has 0 saturated heterocycles. The minimum Gasteiger partial charge on any atom is -0.451 e. The zero-order chi connectivity index (χ0) is 21.5. The molecule has 3 aromatic heterocycles. The summed E-state index contributed by atoms with van der Waals surface area (Å²) in [7, 11) is -4.27. The number of hydrogen-bond donors (Lipinski definition) is 3. The van der Waals surface area contributed by atoms with Crippen molar-refractivity contribution >= 4 is 21.9 Å². The van der Waals surface area contributed by atoms with Gasteiger partial charge in [-0.3, -0.25) is 10.3 Å². The third-order valence-electron chi connectivity index (χ3n) is 4.82. The van der Waals surface area contributed by atoms with Gasteiger partial charge in [-0.15, -0.1) is 0 Å². The first-order valence-corrected chi connectivity index (χ1v) is 10.8. The second-order valence-corrected chi connectivity index (χ2v) is 9.13. The molecule has 3 N–H and O–H groups in total. The number of fused-ring (bicyclic) bond motifs is 1. The molecular formula is C19H21N5O5S. The lowest BCUT2D eigenvalue weighted by atomic mass is 10.0. The molecule has 10 nitrogen and oxygen atoms in total. The van der Waals surface area contributed by atoms with E-state index < -0.39 is 26.7 Å². The second-order valence-electron chi connectivity index (χ2n) is 7.52. The average Bonchev–Trinajstić information content (AvgIpc) is 3.39. The number of aryl methyl sites for hydroxylation is 1. The van der Waals surface area contributed by atoms with E-state index in [0.717, 1.165) is 36.8 Å². The first-order valence-electron chi connectivity index (χ1n) is 9.31. The zero-order valence-electron chi connectivity index (χ0n) is 16.4. The van der Waals surface area contributed by atoms with Gasteiger partial charge in [0.15, 0.2) is 0 Å². The highest BCUT2D eigenvalue weighted by molar-refractivity contribution is 7.89. The van der Waals surface area contributed by atoms with Gasteiger partial charge in [0.25, 0.3) is 10.0 Å². The standard InChI is InChI=1S/C19H21N5O5S/c1-19(2,26)12-10-16(29-11-12)30(27,28)23-18(25)21-17-14-4-3-5-15(14)22-24(17)13-6-8-20-9-7-13/h6-11,26H,3-5H2,1-2H3,(H2,21,23,25). The molecule has 3 aromatic rings. The predicted octanol–water partition coefficient (Wildman–Crippen LogP) is 2.09. The molecule has 1 aliphatic carbocycles. The maximum atomic E-state index is 12.5. The molecule has 0 spiro atoms. The molecule has 2 amide bonds. The number of pyridine rings is 1. The summed E-state index contributed by atoms with van der Waals surface area (Å²) in [6.07, 6.45) is 6.78. The lowest BCUT2D eigenvalue weighted by molar-refractivity contribution is 0.0779. The largest absolute Gasteiger partial charge is 0.451 e. The van der Waals surface area contributed by atoms with Gasteiger partial charge in [-0.2, -0.15) is 13.5 Å². The molecule has 11 heteroatoms. The number of nitrogens with one attached hydrogen (secondary N) is 2. The van der Waals surface area contributed by atoms with Gasteiger partial charge in [0.1, 0.15) is 5.82 Å². The summed E-state index contributed by atoms with van der Waals surface area (Å²) in [6, 6.07) is 3.71. The maximum Gasteiger partial charge on any atom is 0.334 e. The van der Waals surface area contributed by atoms with E-state index in [0.29, 0.717) is 11.5 Å². The van der Waals surface area contributed by atoms with Gasteiger partial charge in [0.2, 0.25) is 5.09 Å². The number of carbonyl (C=O) groups excluding carboxylic acids is 1. The molecular weight excluding hydrogens is 410 g/mol. The monoisotopic (exact) mass is 431 g/mol. The van der Waals surface area contributed by atoms with Crippen LogP contribution < -0.4 is 10.0 Å². The van der Waals surface area contributed by atoms with Crippen molar-refractivity contribution in [2.75, 3.05) is 5.32 Å². The Balaban J connectivity index is 1.58. The van der Waals surface area contributed by atoms with Gasteiger partial charge in [0, 0.05) is 29.6 Å². The van der Waals surface area contributed by atoms with Crippen LogP contribution in [-0.4, -0.2) is 34.3 Å². The summed E-state index contributed by atoms with van der Waals surface area (Å²) in [6.45, 7) is 2.99. The highest BCUT2D eigenvalue weighted by Gasteiger charge is 2.28. The Morgan fingerprint density at radius 1 is 1.27 bits per heavy atom. The van der Waals surface area contributed by atoms with Gasteiger partial charge in [-0.1, -0.05) is 0 Å². The van der Waals surface area contributed by atoms with Crippen LogP contribution in [0, 0.1) is 0 Å². The van der Waals surface area contributed by atoms with E-state index in [9.17, 15) is 18.3 Å². The van der Waals surface area contributed by atoms with Crippen molar-refractivity contribution in [3.63, 3.8) is 0 Å². The van der Waals surface area contributed by atoms with Crippen molar-refractivity contribution in [2.24, 2.45) is 0 Å². The molecule has 0 saturated carbocycles. The van der Waals surface area contributed by atoms with E-state index in [1.54, 1.807) is 29.2 Å². The summed E-state index contributed by atoms with van der Waals surface area (Å²) in [4.78, 5) is 16.5. The van der Waals surface area contributed by atoms with Crippen LogP contribution in [0.15, 0.2) is 46.4 Å². The van der Waals surface area contributed by atoms with Gasteiger partial charge in [-0.25, -0.2) is 14.2 Å². The van der Waals surface area contributed by atoms with Crippen LogP contribution in [0.4, 0.5) is 10.6 Å². The Labute approximate surface area is 173 Å². The number of urea groups is 1. The quantitative estimate of drug-likeness (QED) is 0.562. The van der Waals surface area contributed by atoms with E-state index in [4.69, 9.17) is 4.42 Å². The average molecular weight is 431 g/mol. The minimum absolute atomic E-state index is 0.275. The fourth-order valence-corrected chi connectivity index (χ4v) is 4.13. The number of hydrogen-bond acceptors (Lipinski definition) is 7. The van der Waals surface area contributed by atoms with E-state index in [1.165, 1.54) is 19.9 Å². The van der Waals surface area contributed by atoms with Crippen molar-refractivity contribution in [1.82, 2.24) is 19.5 Å². The molecule has 3 heterocycles. The van der Waals surface area contributed by atoms with E-state index >= 15 is 0 Å². The van der Waals surface area contributed by atoms with E-state index in [2.05, 4.69) is 15.4 Å². The highest BCUT2D eigenvalue weighted by Crippen LogP contribution is 2.31. The molecule has 158 valence electrons. The molecule has 0 radical (unpaired) electrons. The minimum atomic E-state index is -4.27. The lowest BCUT2D eigenvalue weighted by Crippen LogP contribution is -2.35. The van der Waals surface area contributed by atoms with Crippen LogP contribution in [0.3, 0.4) is 0 Å².